The lowest BCUT2D eigenvalue weighted by atomic mass is 10.0. The van der Waals surface area contributed by atoms with Gasteiger partial charge < -0.3 is 9.80 Å². The minimum Gasteiger partial charge on any atom is -0.318 e. The van der Waals surface area contributed by atoms with Crippen molar-refractivity contribution in [2.45, 2.75) is 13.0 Å². The zero-order chi connectivity index (χ0) is 11.1. The highest BCUT2D eigenvalue weighted by Crippen LogP contribution is 2.31. The minimum atomic E-state index is 0.161. The van der Waals surface area contributed by atoms with E-state index < -0.39 is 0 Å². The first-order valence-corrected chi connectivity index (χ1v) is 6.39. The molecule has 16 heavy (non-hydrogen) atoms. The fourth-order valence-corrected chi connectivity index (χ4v) is 3.01. The van der Waals surface area contributed by atoms with Crippen LogP contribution in [0, 0.1) is 0 Å². The molecule has 0 spiro atoms. The van der Waals surface area contributed by atoms with E-state index in [9.17, 15) is 4.79 Å². The van der Waals surface area contributed by atoms with E-state index in [1.165, 1.54) is 5.57 Å². The second-order valence-corrected chi connectivity index (χ2v) is 4.74. The Morgan fingerprint density at radius 3 is 3.19 bits per heavy atom. The Bertz CT molecular complexity index is 440. The van der Waals surface area contributed by atoms with Gasteiger partial charge in [0.1, 0.15) is 0 Å². The molecule has 5 heteroatoms. The molecular weight excluding hydrogens is 222 g/mol. The van der Waals surface area contributed by atoms with E-state index in [-0.39, 0.29) is 12.1 Å². The van der Waals surface area contributed by atoms with Gasteiger partial charge in [-0.25, -0.2) is 9.78 Å². The van der Waals surface area contributed by atoms with Crippen LogP contribution in [0.4, 0.5) is 4.79 Å². The Morgan fingerprint density at radius 2 is 2.50 bits per heavy atom. The molecule has 0 aliphatic carbocycles. The fourth-order valence-electron chi connectivity index (χ4n) is 2.45. The number of aromatic nitrogens is 1. The number of fused-ring (bicyclic) bond motifs is 2. The highest BCUT2D eigenvalue weighted by Gasteiger charge is 2.41. The molecule has 2 bridgehead atoms. The predicted molar refractivity (Wildman–Crippen MR) is 63.2 cm³/mol. The van der Waals surface area contributed by atoms with Crippen molar-refractivity contribution in [3.05, 3.63) is 22.7 Å². The summed E-state index contributed by atoms with van der Waals surface area (Å²) >= 11 is 1.60. The number of hydrogen-bond acceptors (Lipinski definition) is 3. The second kappa shape index (κ2) is 3.59. The summed E-state index contributed by atoms with van der Waals surface area (Å²) in [6.45, 7) is 4.33. The Morgan fingerprint density at radius 1 is 1.62 bits per heavy atom. The normalized spacial score (nSPS) is 23.9. The number of amides is 2. The number of carbonyl (C=O) groups excluding carboxylic acids is 1. The Hall–Kier alpha value is -1.36. The summed E-state index contributed by atoms with van der Waals surface area (Å²) in [5.74, 6) is 0. The maximum atomic E-state index is 11.9. The smallest absolute Gasteiger partial charge is 0.318 e. The van der Waals surface area contributed by atoms with Crippen LogP contribution < -0.4 is 0 Å². The third-order valence-electron chi connectivity index (χ3n) is 3.25. The van der Waals surface area contributed by atoms with E-state index in [0.29, 0.717) is 0 Å². The van der Waals surface area contributed by atoms with Crippen molar-refractivity contribution in [1.82, 2.24) is 14.8 Å². The average Bonchev–Trinajstić information content (AvgIpc) is 2.89. The molecule has 1 fully saturated rings. The van der Waals surface area contributed by atoms with E-state index in [1.807, 2.05) is 22.2 Å². The van der Waals surface area contributed by atoms with Crippen molar-refractivity contribution in [1.29, 1.82) is 0 Å². The van der Waals surface area contributed by atoms with Crippen LogP contribution in [0.25, 0.3) is 5.57 Å². The van der Waals surface area contributed by atoms with Gasteiger partial charge in [0.05, 0.1) is 17.2 Å². The molecule has 2 aliphatic heterocycles. The molecule has 3 heterocycles. The van der Waals surface area contributed by atoms with Crippen molar-refractivity contribution < 1.29 is 4.79 Å². The quantitative estimate of drug-likeness (QED) is 0.781. The van der Waals surface area contributed by atoms with Gasteiger partial charge in [-0.05, 0) is 6.92 Å². The summed E-state index contributed by atoms with van der Waals surface area (Å²) in [6.07, 6.45) is 2.14. The van der Waals surface area contributed by atoms with Gasteiger partial charge in [-0.3, -0.25) is 0 Å². The minimum absolute atomic E-state index is 0.161. The Balaban J connectivity index is 1.98. The number of likely N-dealkylation sites (N-methyl/N-ethyl adjacent to an activating group) is 1. The molecule has 0 aromatic carbocycles. The monoisotopic (exact) mass is 235 g/mol. The van der Waals surface area contributed by atoms with Gasteiger partial charge in [0.15, 0.2) is 0 Å². The molecule has 2 aliphatic rings. The van der Waals surface area contributed by atoms with E-state index >= 15 is 0 Å². The fraction of sp³-hybridized carbons (Fsp3) is 0.455. The molecule has 0 radical (unpaired) electrons. The lowest BCUT2D eigenvalue weighted by Gasteiger charge is -2.23. The maximum absolute atomic E-state index is 11.9. The van der Waals surface area contributed by atoms with E-state index in [4.69, 9.17) is 0 Å². The van der Waals surface area contributed by atoms with Crippen LogP contribution in [-0.2, 0) is 0 Å². The Kier molecular flexibility index (Phi) is 2.21. The van der Waals surface area contributed by atoms with Crippen LogP contribution in [0.2, 0.25) is 0 Å². The number of thiazole rings is 1. The number of hydrogen-bond donors (Lipinski definition) is 0. The molecule has 0 saturated carbocycles. The van der Waals surface area contributed by atoms with Crippen molar-refractivity contribution in [3.8, 4) is 0 Å². The van der Waals surface area contributed by atoms with Crippen LogP contribution in [0.15, 0.2) is 17.0 Å². The van der Waals surface area contributed by atoms with Crippen molar-refractivity contribution >= 4 is 22.9 Å². The second-order valence-electron chi connectivity index (χ2n) is 4.02. The first kappa shape index (κ1) is 9.84. The van der Waals surface area contributed by atoms with Crippen molar-refractivity contribution in [3.63, 3.8) is 0 Å². The number of carbonyl (C=O) groups is 1. The zero-order valence-corrected chi connectivity index (χ0v) is 9.91. The molecule has 1 atom stereocenters. The third kappa shape index (κ3) is 1.28. The molecule has 0 N–H and O–H groups in total. The summed E-state index contributed by atoms with van der Waals surface area (Å²) < 4.78 is 0. The van der Waals surface area contributed by atoms with Crippen LogP contribution in [0.5, 0.6) is 0 Å². The van der Waals surface area contributed by atoms with Crippen molar-refractivity contribution in [2.75, 3.05) is 19.6 Å². The first-order chi connectivity index (χ1) is 7.81. The van der Waals surface area contributed by atoms with Crippen LogP contribution in [-0.4, -0.2) is 46.5 Å². The molecule has 84 valence electrons. The number of rotatable bonds is 2. The zero-order valence-electron chi connectivity index (χ0n) is 9.09. The summed E-state index contributed by atoms with van der Waals surface area (Å²) in [5.41, 5.74) is 4.09. The predicted octanol–water partition coefficient (Wildman–Crippen LogP) is 1.67. The van der Waals surface area contributed by atoms with Gasteiger partial charge >= 0.3 is 6.03 Å². The summed E-state index contributed by atoms with van der Waals surface area (Å²) in [6, 6.07) is 0.363. The van der Waals surface area contributed by atoms with Crippen LogP contribution in [0.3, 0.4) is 0 Å². The SMILES string of the molecule is CCN1C(=O)N2CC=C(c3cscn3)C1C2. The topological polar surface area (TPSA) is 36.4 Å². The Labute approximate surface area is 98.2 Å². The van der Waals surface area contributed by atoms with E-state index in [2.05, 4.69) is 16.4 Å². The average molecular weight is 235 g/mol. The standard InChI is InChI=1S/C11H13N3OS/c1-2-14-10-5-13(11(14)15)4-3-8(10)9-6-16-7-12-9/h3,6-7,10H,2,4-5H2,1H3. The van der Waals surface area contributed by atoms with Gasteiger partial charge in [-0.15, -0.1) is 11.3 Å². The number of nitrogens with zero attached hydrogens (tertiary/aromatic N) is 3. The lowest BCUT2D eigenvalue weighted by molar-refractivity contribution is 0.196. The molecular formula is C11H13N3OS. The van der Waals surface area contributed by atoms with E-state index in [0.717, 1.165) is 25.3 Å². The molecule has 2 amide bonds. The van der Waals surface area contributed by atoms with Gasteiger partial charge in [0, 0.05) is 30.6 Å². The maximum Gasteiger partial charge on any atom is 0.320 e. The van der Waals surface area contributed by atoms with E-state index in [1.54, 1.807) is 11.3 Å². The van der Waals surface area contributed by atoms with Gasteiger partial charge in [0.25, 0.3) is 0 Å². The molecule has 1 aromatic rings. The van der Waals surface area contributed by atoms with Gasteiger partial charge in [-0.1, -0.05) is 6.08 Å². The largest absolute Gasteiger partial charge is 0.320 e. The highest BCUT2D eigenvalue weighted by molar-refractivity contribution is 7.07. The van der Waals surface area contributed by atoms with Gasteiger partial charge in [-0.2, -0.15) is 0 Å². The summed E-state index contributed by atoms with van der Waals surface area (Å²) in [5, 5.41) is 2.05. The summed E-state index contributed by atoms with van der Waals surface area (Å²) in [7, 11) is 0. The van der Waals surface area contributed by atoms with Gasteiger partial charge in [0.2, 0.25) is 0 Å². The van der Waals surface area contributed by atoms with Crippen LogP contribution >= 0.6 is 11.3 Å². The molecule has 4 nitrogen and oxygen atoms in total. The third-order valence-corrected chi connectivity index (χ3v) is 3.83. The molecule has 3 rings (SSSR count). The molecule has 1 aromatic heterocycles. The molecule has 1 saturated heterocycles. The number of urea groups is 1. The lowest BCUT2D eigenvalue weighted by Crippen LogP contribution is -2.34. The first-order valence-electron chi connectivity index (χ1n) is 5.45. The van der Waals surface area contributed by atoms with Crippen molar-refractivity contribution in [2.24, 2.45) is 0 Å². The highest BCUT2D eigenvalue weighted by atomic mass is 32.1. The van der Waals surface area contributed by atoms with Crippen LogP contribution in [0.1, 0.15) is 12.6 Å². The summed E-state index contributed by atoms with van der Waals surface area (Å²) in [4.78, 5) is 20.1. The molecule has 1 unspecified atom stereocenters.